The molecule has 0 saturated heterocycles. The fourth-order valence-corrected chi connectivity index (χ4v) is 2.73. The lowest BCUT2D eigenvalue weighted by molar-refractivity contribution is -0.114. The van der Waals surface area contributed by atoms with Crippen LogP contribution in [0, 0.1) is 0 Å². The molecule has 0 aliphatic rings. The van der Waals surface area contributed by atoms with E-state index in [4.69, 9.17) is 0 Å². The van der Waals surface area contributed by atoms with Crippen molar-refractivity contribution in [1.29, 1.82) is 0 Å². The van der Waals surface area contributed by atoms with Crippen LogP contribution in [0.15, 0.2) is 48.5 Å². The largest absolute Gasteiger partial charge is 0.376 e. The number of nitrogens with zero attached hydrogens (tertiary/aromatic N) is 1. The van der Waals surface area contributed by atoms with Gasteiger partial charge in [0.05, 0.1) is 6.54 Å². The van der Waals surface area contributed by atoms with Gasteiger partial charge in [0, 0.05) is 42.6 Å². The Morgan fingerprint density at radius 2 is 1.50 bits per heavy atom. The Morgan fingerprint density at radius 1 is 0.893 bits per heavy atom. The van der Waals surface area contributed by atoms with Gasteiger partial charge in [-0.2, -0.15) is 0 Å². The predicted molar refractivity (Wildman–Crippen MR) is 111 cm³/mol. The van der Waals surface area contributed by atoms with E-state index in [9.17, 15) is 14.4 Å². The van der Waals surface area contributed by atoms with Crippen molar-refractivity contribution in [2.45, 2.75) is 13.8 Å². The van der Waals surface area contributed by atoms with Crippen LogP contribution in [0.3, 0.4) is 0 Å². The average Bonchev–Trinajstić information content (AvgIpc) is 2.73. The summed E-state index contributed by atoms with van der Waals surface area (Å²) in [4.78, 5) is 38.1. The lowest BCUT2D eigenvalue weighted by Gasteiger charge is -2.19. The molecule has 0 unspecified atom stereocenters. The Labute approximate surface area is 165 Å². The predicted octanol–water partition coefficient (Wildman–Crippen LogP) is 2.58. The molecule has 28 heavy (non-hydrogen) atoms. The first-order valence-electron chi connectivity index (χ1n) is 9.23. The van der Waals surface area contributed by atoms with Crippen molar-refractivity contribution in [1.82, 2.24) is 10.2 Å². The molecule has 0 saturated carbocycles. The van der Waals surface area contributed by atoms with E-state index in [-0.39, 0.29) is 24.3 Å². The molecule has 148 valence electrons. The van der Waals surface area contributed by atoms with E-state index >= 15 is 0 Å². The maximum Gasteiger partial charge on any atom is 0.253 e. The quantitative estimate of drug-likeness (QED) is 0.654. The van der Waals surface area contributed by atoms with E-state index in [2.05, 4.69) is 16.0 Å². The average molecular weight is 382 g/mol. The molecule has 7 heteroatoms. The third kappa shape index (κ3) is 5.57. The summed E-state index contributed by atoms with van der Waals surface area (Å²) in [6.07, 6.45) is 0. The molecule has 3 amide bonds. The summed E-state index contributed by atoms with van der Waals surface area (Å²) in [5.41, 5.74) is 2.27. The molecule has 2 aromatic rings. The Hall–Kier alpha value is -3.35. The highest BCUT2D eigenvalue weighted by Gasteiger charge is 2.13. The van der Waals surface area contributed by atoms with Crippen molar-refractivity contribution in [2.75, 3.05) is 37.3 Å². The molecule has 0 radical (unpaired) electrons. The van der Waals surface area contributed by atoms with Gasteiger partial charge in [-0.15, -0.1) is 0 Å². The van der Waals surface area contributed by atoms with Gasteiger partial charge in [-0.05, 0) is 50.2 Å². The summed E-state index contributed by atoms with van der Waals surface area (Å²) < 4.78 is 0. The molecule has 0 atom stereocenters. The van der Waals surface area contributed by atoms with E-state index in [1.807, 2.05) is 13.8 Å². The summed E-state index contributed by atoms with van der Waals surface area (Å²) in [6, 6.07) is 13.8. The van der Waals surface area contributed by atoms with Crippen molar-refractivity contribution >= 4 is 29.1 Å². The van der Waals surface area contributed by atoms with Crippen molar-refractivity contribution in [2.24, 2.45) is 0 Å². The number of anilines is 2. The normalized spacial score (nSPS) is 10.1. The van der Waals surface area contributed by atoms with Crippen molar-refractivity contribution in [3.63, 3.8) is 0 Å². The summed E-state index contributed by atoms with van der Waals surface area (Å²) >= 11 is 0. The van der Waals surface area contributed by atoms with Crippen molar-refractivity contribution in [3.8, 4) is 0 Å². The van der Waals surface area contributed by atoms with E-state index in [1.54, 1.807) is 60.5 Å². The van der Waals surface area contributed by atoms with Gasteiger partial charge < -0.3 is 20.9 Å². The molecule has 0 aliphatic heterocycles. The highest BCUT2D eigenvalue weighted by Crippen LogP contribution is 2.14. The van der Waals surface area contributed by atoms with Crippen LogP contribution >= 0.6 is 0 Å². The monoisotopic (exact) mass is 382 g/mol. The summed E-state index contributed by atoms with van der Waals surface area (Å²) in [6.45, 7) is 5.15. The zero-order valence-corrected chi connectivity index (χ0v) is 16.4. The van der Waals surface area contributed by atoms with E-state index < -0.39 is 0 Å². The number of carbonyl (C=O) groups excluding carboxylic acids is 3. The molecule has 0 heterocycles. The first-order valence-corrected chi connectivity index (χ1v) is 9.23. The maximum atomic E-state index is 12.4. The van der Waals surface area contributed by atoms with E-state index in [1.165, 1.54) is 0 Å². The Kier molecular flexibility index (Phi) is 7.56. The fraction of sp³-hybridized carbons (Fsp3) is 0.286. The minimum atomic E-state index is -0.252. The van der Waals surface area contributed by atoms with Gasteiger partial charge in [0.15, 0.2) is 0 Å². The molecule has 2 rings (SSSR count). The van der Waals surface area contributed by atoms with Crippen LogP contribution in [0.2, 0.25) is 0 Å². The molecule has 0 aromatic heterocycles. The first-order chi connectivity index (χ1) is 13.5. The topological polar surface area (TPSA) is 90.5 Å². The third-order valence-electron chi connectivity index (χ3n) is 4.25. The van der Waals surface area contributed by atoms with E-state index in [0.29, 0.717) is 35.6 Å². The lowest BCUT2D eigenvalue weighted by atomic mass is 10.1. The zero-order valence-electron chi connectivity index (χ0n) is 16.4. The second-order valence-electron chi connectivity index (χ2n) is 6.12. The highest BCUT2D eigenvalue weighted by molar-refractivity contribution is 5.98. The summed E-state index contributed by atoms with van der Waals surface area (Å²) in [5, 5.41) is 8.33. The van der Waals surface area contributed by atoms with Crippen LogP contribution in [-0.2, 0) is 4.79 Å². The molecule has 0 fully saturated rings. The zero-order chi connectivity index (χ0) is 20.5. The smallest absolute Gasteiger partial charge is 0.253 e. The maximum absolute atomic E-state index is 12.4. The van der Waals surface area contributed by atoms with Crippen LogP contribution in [0.5, 0.6) is 0 Å². The van der Waals surface area contributed by atoms with Crippen LogP contribution in [0.4, 0.5) is 11.4 Å². The standard InChI is InChI=1S/C21H26N4O3/c1-4-25(5-2)21(28)16-9-7-11-18(13-16)24-19(26)14-23-17-10-6-8-15(12-17)20(27)22-3/h6-13,23H,4-5,14H2,1-3H3,(H,22,27)(H,24,26). The number of hydrogen-bond donors (Lipinski definition) is 3. The number of hydrogen-bond acceptors (Lipinski definition) is 4. The number of benzene rings is 2. The molecule has 0 bridgehead atoms. The lowest BCUT2D eigenvalue weighted by Crippen LogP contribution is -2.30. The second kappa shape index (κ2) is 10.1. The summed E-state index contributed by atoms with van der Waals surface area (Å²) in [7, 11) is 1.56. The molecular weight excluding hydrogens is 356 g/mol. The van der Waals surface area contributed by atoms with Crippen LogP contribution < -0.4 is 16.0 Å². The SMILES string of the molecule is CCN(CC)C(=O)c1cccc(NC(=O)CNc2cccc(C(=O)NC)c2)c1. The number of amides is 3. The highest BCUT2D eigenvalue weighted by atomic mass is 16.2. The van der Waals surface area contributed by atoms with Gasteiger partial charge in [0.2, 0.25) is 5.91 Å². The van der Waals surface area contributed by atoms with Gasteiger partial charge in [0.25, 0.3) is 11.8 Å². The fourth-order valence-electron chi connectivity index (χ4n) is 2.73. The van der Waals surface area contributed by atoms with Crippen molar-refractivity contribution in [3.05, 3.63) is 59.7 Å². The van der Waals surface area contributed by atoms with Crippen LogP contribution in [0.1, 0.15) is 34.6 Å². The molecule has 2 aromatic carbocycles. The van der Waals surface area contributed by atoms with Crippen molar-refractivity contribution < 1.29 is 14.4 Å². The molecular formula is C21H26N4O3. The van der Waals surface area contributed by atoms with Crippen LogP contribution in [-0.4, -0.2) is 49.3 Å². The molecule has 0 spiro atoms. The Bertz CT molecular complexity index is 847. The van der Waals surface area contributed by atoms with Gasteiger partial charge in [-0.3, -0.25) is 14.4 Å². The Morgan fingerprint density at radius 3 is 2.14 bits per heavy atom. The van der Waals surface area contributed by atoms with Gasteiger partial charge in [-0.25, -0.2) is 0 Å². The summed E-state index contributed by atoms with van der Waals surface area (Å²) in [5.74, 6) is -0.509. The number of rotatable bonds is 8. The van der Waals surface area contributed by atoms with Crippen LogP contribution in [0.25, 0.3) is 0 Å². The molecule has 7 nitrogen and oxygen atoms in total. The Balaban J connectivity index is 1.97. The minimum Gasteiger partial charge on any atom is -0.376 e. The number of carbonyl (C=O) groups is 3. The first kappa shape index (κ1) is 21.0. The van der Waals surface area contributed by atoms with E-state index in [0.717, 1.165) is 0 Å². The second-order valence-corrected chi connectivity index (χ2v) is 6.12. The molecule has 0 aliphatic carbocycles. The minimum absolute atomic E-state index is 0.0332. The third-order valence-corrected chi connectivity index (χ3v) is 4.25. The number of nitrogens with one attached hydrogen (secondary N) is 3. The molecule has 3 N–H and O–H groups in total. The van der Waals surface area contributed by atoms with Gasteiger partial charge in [0.1, 0.15) is 0 Å². The van der Waals surface area contributed by atoms with Gasteiger partial charge >= 0.3 is 0 Å². The van der Waals surface area contributed by atoms with Gasteiger partial charge in [-0.1, -0.05) is 12.1 Å².